The largest absolute Gasteiger partial charge is 0.476 e. The molecular formula is C11H12INO. The molecule has 2 nitrogen and oxygen atoms in total. The maximum absolute atomic E-state index is 5.35. The van der Waals surface area contributed by atoms with Crippen molar-refractivity contribution in [1.29, 1.82) is 0 Å². The predicted octanol–water partition coefficient (Wildman–Crippen LogP) is 2.94. The lowest BCUT2D eigenvalue weighted by molar-refractivity contribution is 0.150. The van der Waals surface area contributed by atoms with E-state index in [9.17, 15) is 0 Å². The fourth-order valence-corrected chi connectivity index (χ4v) is 2.09. The van der Waals surface area contributed by atoms with Crippen LogP contribution in [0.25, 0.3) is 0 Å². The Morgan fingerprint density at radius 2 is 2.36 bits per heavy atom. The number of benzene rings is 1. The summed E-state index contributed by atoms with van der Waals surface area (Å²) in [6.07, 6.45) is 2.06. The standard InChI is InChI=1S/C11H12INO/c1-9-6-13(8-14-9)7-10-3-2-4-11(12)5-10/h2-6H,7-8H2,1H3. The van der Waals surface area contributed by atoms with E-state index in [2.05, 4.69) is 58.0 Å². The monoisotopic (exact) mass is 301 g/mol. The van der Waals surface area contributed by atoms with Gasteiger partial charge in [-0.3, -0.25) is 0 Å². The van der Waals surface area contributed by atoms with E-state index in [0.29, 0.717) is 6.73 Å². The number of nitrogens with zero attached hydrogens (tertiary/aromatic N) is 1. The third-order valence-corrected chi connectivity index (χ3v) is 2.77. The maximum Gasteiger partial charge on any atom is 0.161 e. The number of hydrogen-bond acceptors (Lipinski definition) is 2. The Balaban J connectivity index is 2.04. The topological polar surface area (TPSA) is 12.5 Å². The highest BCUT2D eigenvalue weighted by atomic mass is 127. The van der Waals surface area contributed by atoms with E-state index in [-0.39, 0.29) is 0 Å². The molecule has 1 aromatic rings. The molecule has 0 atom stereocenters. The first-order chi connectivity index (χ1) is 6.74. The lowest BCUT2D eigenvalue weighted by Crippen LogP contribution is -2.14. The molecule has 74 valence electrons. The van der Waals surface area contributed by atoms with E-state index in [1.165, 1.54) is 9.13 Å². The Morgan fingerprint density at radius 1 is 1.50 bits per heavy atom. The van der Waals surface area contributed by atoms with Crippen molar-refractivity contribution in [3.05, 3.63) is 45.4 Å². The van der Waals surface area contributed by atoms with Crippen molar-refractivity contribution in [2.45, 2.75) is 13.5 Å². The van der Waals surface area contributed by atoms with Crippen molar-refractivity contribution in [1.82, 2.24) is 4.90 Å². The second-order valence-electron chi connectivity index (χ2n) is 3.39. The van der Waals surface area contributed by atoms with E-state index in [0.717, 1.165) is 12.3 Å². The lowest BCUT2D eigenvalue weighted by Gasteiger charge is -2.13. The summed E-state index contributed by atoms with van der Waals surface area (Å²) < 4.78 is 6.63. The third-order valence-electron chi connectivity index (χ3n) is 2.10. The van der Waals surface area contributed by atoms with Crippen LogP contribution in [0.15, 0.2) is 36.2 Å². The number of allylic oxidation sites excluding steroid dienone is 1. The number of halogens is 1. The second kappa shape index (κ2) is 4.21. The van der Waals surface area contributed by atoms with Gasteiger partial charge in [0.2, 0.25) is 0 Å². The van der Waals surface area contributed by atoms with E-state index < -0.39 is 0 Å². The van der Waals surface area contributed by atoms with Crippen molar-refractivity contribution >= 4 is 22.6 Å². The minimum absolute atomic E-state index is 0.678. The van der Waals surface area contributed by atoms with Gasteiger partial charge < -0.3 is 9.64 Å². The third kappa shape index (κ3) is 2.41. The molecule has 0 unspecified atom stereocenters. The highest BCUT2D eigenvalue weighted by Gasteiger charge is 2.09. The fraction of sp³-hybridized carbons (Fsp3) is 0.273. The molecule has 1 aromatic carbocycles. The van der Waals surface area contributed by atoms with Gasteiger partial charge in [-0.05, 0) is 47.2 Å². The molecule has 1 heterocycles. The molecule has 0 aromatic heterocycles. The molecule has 0 fully saturated rings. The lowest BCUT2D eigenvalue weighted by atomic mass is 10.2. The van der Waals surface area contributed by atoms with Crippen molar-refractivity contribution in [2.24, 2.45) is 0 Å². The maximum atomic E-state index is 5.35. The van der Waals surface area contributed by atoms with E-state index in [1.807, 2.05) is 6.92 Å². The summed E-state index contributed by atoms with van der Waals surface area (Å²) >= 11 is 2.33. The molecule has 0 N–H and O–H groups in total. The van der Waals surface area contributed by atoms with Crippen LogP contribution in [0.1, 0.15) is 12.5 Å². The van der Waals surface area contributed by atoms with Crippen LogP contribution < -0.4 is 0 Å². The fourth-order valence-electron chi connectivity index (χ4n) is 1.48. The minimum Gasteiger partial charge on any atom is -0.476 e. The van der Waals surface area contributed by atoms with Gasteiger partial charge in [-0.15, -0.1) is 0 Å². The van der Waals surface area contributed by atoms with Crippen LogP contribution in [0.4, 0.5) is 0 Å². The van der Waals surface area contributed by atoms with Gasteiger partial charge in [-0.2, -0.15) is 0 Å². The van der Waals surface area contributed by atoms with E-state index in [1.54, 1.807) is 0 Å². The van der Waals surface area contributed by atoms with Crippen molar-refractivity contribution < 1.29 is 4.74 Å². The normalized spacial score (nSPS) is 15.3. The SMILES string of the molecule is CC1=CN(Cc2cccc(I)c2)CO1. The molecule has 0 radical (unpaired) electrons. The molecule has 1 aliphatic rings. The molecule has 3 heteroatoms. The summed E-state index contributed by atoms with van der Waals surface area (Å²) in [7, 11) is 0. The summed E-state index contributed by atoms with van der Waals surface area (Å²) in [5.41, 5.74) is 1.33. The Labute approximate surface area is 97.7 Å². The van der Waals surface area contributed by atoms with Crippen LogP contribution in [-0.2, 0) is 11.3 Å². The number of ether oxygens (including phenoxy) is 1. The van der Waals surface area contributed by atoms with Gasteiger partial charge in [-0.25, -0.2) is 0 Å². The molecule has 1 aliphatic heterocycles. The first kappa shape index (κ1) is 9.83. The summed E-state index contributed by atoms with van der Waals surface area (Å²) in [6.45, 7) is 3.58. The predicted molar refractivity (Wildman–Crippen MR) is 64.4 cm³/mol. The number of rotatable bonds is 2. The smallest absolute Gasteiger partial charge is 0.161 e. The highest BCUT2D eigenvalue weighted by molar-refractivity contribution is 14.1. The van der Waals surface area contributed by atoms with Gasteiger partial charge in [0.1, 0.15) is 5.76 Å². The molecule has 0 aliphatic carbocycles. The van der Waals surface area contributed by atoms with Gasteiger partial charge in [0.05, 0.1) is 0 Å². The van der Waals surface area contributed by atoms with Crippen LogP contribution >= 0.6 is 22.6 Å². The van der Waals surface area contributed by atoms with Crippen LogP contribution in [0.2, 0.25) is 0 Å². The Morgan fingerprint density at radius 3 is 3.00 bits per heavy atom. The summed E-state index contributed by atoms with van der Waals surface area (Å²) in [5.74, 6) is 0.996. The van der Waals surface area contributed by atoms with Gasteiger partial charge in [0, 0.05) is 16.3 Å². The Bertz CT molecular complexity index is 362. The zero-order chi connectivity index (χ0) is 9.97. The highest BCUT2D eigenvalue weighted by Crippen LogP contribution is 2.15. The van der Waals surface area contributed by atoms with Gasteiger partial charge in [0.15, 0.2) is 6.73 Å². The minimum atomic E-state index is 0.678. The zero-order valence-corrected chi connectivity index (χ0v) is 10.2. The van der Waals surface area contributed by atoms with Gasteiger partial charge in [0.25, 0.3) is 0 Å². The average molecular weight is 301 g/mol. The first-order valence-electron chi connectivity index (χ1n) is 4.54. The van der Waals surface area contributed by atoms with Crippen molar-refractivity contribution in [2.75, 3.05) is 6.73 Å². The second-order valence-corrected chi connectivity index (χ2v) is 4.64. The van der Waals surface area contributed by atoms with Crippen LogP contribution in [0, 0.1) is 3.57 Å². The molecule has 0 amide bonds. The van der Waals surface area contributed by atoms with Gasteiger partial charge >= 0.3 is 0 Å². The zero-order valence-electron chi connectivity index (χ0n) is 8.03. The Hall–Kier alpha value is -0.710. The molecule has 14 heavy (non-hydrogen) atoms. The van der Waals surface area contributed by atoms with Crippen LogP contribution in [-0.4, -0.2) is 11.6 Å². The van der Waals surface area contributed by atoms with Crippen molar-refractivity contribution in [3.63, 3.8) is 0 Å². The quantitative estimate of drug-likeness (QED) is 0.779. The van der Waals surface area contributed by atoms with Crippen molar-refractivity contribution in [3.8, 4) is 0 Å². The molecule has 0 bridgehead atoms. The van der Waals surface area contributed by atoms with Crippen LogP contribution in [0.5, 0.6) is 0 Å². The average Bonchev–Trinajstić information content (AvgIpc) is 2.51. The first-order valence-corrected chi connectivity index (χ1v) is 5.61. The molecule has 2 rings (SSSR count). The Kier molecular flexibility index (Phi) is 2.96. The molecular weight excluding hydrogens is 289 g/mol. The van der Waals surface area contributed by atoms with Gasteiger partial charge in [-0.1, -0.05) is 12.1 Å². The summed E-state index contributed by atoms with van der Waals surface area (Å²) in [5, 5.41) is 0. The van der Waals surface area contributed by atoms with E-state index in [4.69, 9.17) is 4.74 Å². The van der Waals surface area contributed by atoms with E-state index >= 15 is 0 Å². The van der Waals surface area contributed by atoms with Crippen LogP contribution in [0.3, 0.4) is 0 Å². The summed E-state index contributed by atoms with van der Waals surface area (Å²) in [4.78, 5) is 2.17. The molecule has 0 saturated heterocycles. The molecule has 0 saturated carbocycles. The molecule has 0 spiro atoms. The summed E-state index contributed by atoms with van der Waals surface area (Å²) in [6, 6.07) is 8.53. The number of hydrogen-bond donors (Lipinski definition) is 0.